The third-order valence-electron chi connectivity index (χ3n) is 4.70. The number of nitrogens with two attached hydrogens (primary N) is 1. The molecule has 1 atom stereocenters. The molecule has 4 bridgehead atoms. The number of allylic oxidation sites excluding steroid dienone is 4. The maximum Gasteiger partial charge on any atom is 0.265 e. The Morgan fingerprint density at radius 1 is 1.16 bits per heavy atom. The van der Waals surface area contributed by atoms with E-state index in [2.05, 4.69) is 9.98 Å². The third kappa shape index (κ3) is 5.08. The monoisotopic (exact) mass is 414 g/mol. The minimum atomic E-state index is -0.529. The quantitative estimate of drug-likeness (QED) is 0.773. The second kappa shape index (κ2) is 9.58. The van der Waals surface area contributed by atoms with Crippen molar-refractivity contribution in [3.63, 3.8) is 0 Å². The van der Waals surface area contributed by atoms with E-state index in [1.54, 1.807) is 29.6 Å². The molecule has 2 aliphatic rings. The number of carbonyl (C=O) groups excluding carboxylic acids is 1. The molecule has 0 radical (unpaired) electrons. The highest BCUT2D eigenvalue weighted by atomic mass is 16.5. The molecule has 1 aromatic carbocycles. The van der Waals surface area contributed by atoms with Crippen molar-refractivity contribution in [2.75, 3.05) is 13.2 Å². The number of benzene rings is 1. The lowest BCUT2D eigenvalue weighted by Crippen LogP contribution is -2.27. The summed E-state index contributed by atoms with van der Waals surface area (Å²) in [5.74, 6) is 0.162. The van der Waals surface area contributed by atoms with Gasteiger partial charge in [0.25, 0.3) is 5.91 Å². The van der Waals surface area contributed by atoms with E-state index in [4.69, 9.17) is 15.2 Å². The van der Waals surface area contributed by atoms with E-state index in [0.717, 1.165) is 16.5 Å². The number of carbonyl (C=O) groups is 1. The van der Waals surface area contributed by atoms with Gasteiger partial charge in [0.1, 0.15) is 24.2 Å². The molecule has 156 valence electrons. The Kier molecular flexibility index (Phi) is 6.23. The first-order valence-corrected chi connectivity index (χ1v) is 9.84. The van der Waals surface area contributed by atoms with Gasteiger partial charge in [-0.2, -0.15) is 0 Å². The number of amides is 1. The molecule has 0 spiro atoms. The van der Waals surface area contributed by atoms with E-state index in [9.17, 15) is 4.79 Å². The van der Waals surface area contributed by atoms with E-state index in [0.29, 0.717) is 24.6 Å². The number of pyridine rings is 1. The van der Waals surface area contributed by atoms with E-state index < -0.39 is 5.91 Å². The predicted molar refractivity (Wildman–Crippen MR) is 121 cm³/mol. The van der Waals surface area contributed by atoms with Crippen molar-refractivity contribution in [2.24, 2.45) is 10.7 Å². The number of aromatic nitrogens is 1. The van der Waals surface area contributed by atoms with Crippen LogP contribution < -0.4 is 10.5 Å². The van der Waals surface area contributed by atoms with Gasteiger partial charge < -0.3 is 20.1 Å². The Labute approximate surface area is 180 Å². The number of nitrogens with zero attached hydrogens (tertiary/aromatic N) is 3. The van der Waals surface area contributed by atoms with Crippen LogP contribution in [0.4, 0.5) is 0 Å². The maximum absolute atomic E-state index is 11.9. The average Bonchev–Trinajstić information content (AvgIpc) is 3.17. The number of hydrogen-bond donors (Lipinski definition) is 1. The minimum Gasteiger partial charge on any atom is -0.484 e. The number of fused-ring (bicyclic) bond motifs is 3. The zero-order chi connectivity index (χ0) is 21.5. The van der Waals surface area contributed by atoms with Crippen LogP contribution in [0.3, 0.4) is 0 Å². The number of primary amides is 1. The lowest BCUT2D eigenvalue weighted by atomic mass is 10.1. The molecule has 1 aromatic heterocycles. The van der Waals surface area contributed by atoms with Crippen LogP contribution in [0.15, 0.2) is 90.0 Å². The predicted octanol–water partition coefficient (Wildman–Crippen LogP) is 3.32. The van der Waals surface area contributed by atoms with Crippen molar-refractivity contribution in [1.82, 2.24) is 9.88 Å². The zero-order valence-corrected chi connectivity index (χ0v) is 16.8. The summed E-state index contributed by atoms with van der Waals surface area (Å²) in [4.78, 5) is 22.1. The van der Waals surface area contributed by atoms with Crippen LogP contribution in [0, 0.1) is 0 Å². The van der Waals surface area contributed by atoms with Crippen molar-refractivity contribution >= 4 is 29.3 Å². The summed E-state index contributed by atoms with van der Waals surface area (Å²) >= 11 is 0. The van der Waals surface area contributed by atoms with Gasteiger partial charge in [-0.05, 0) is 35.9 Å². The summed E-state index contributed by atoms with van der Waals surface area (Å²) in [5, 5.41) is 0.896. The lowest BCUT2D eigenvalue weighted by molar-refractivity contribution is -0.115. The molecule has 2 aliphatic heterocycles. The van der Waals surface area contributed by atoms with Crippen LogP contribution >= 0.6 is 0 Å². The van der Waals surface area contributed by atoms with Gasteiger partial charge in [0, 0.05) is 24.0 Å². The molecular weight excluding hydrogens is 392 g/mol. The molecule has 0 saturated carbocycles. The SMILES string of the molecule is NC(=O)C1=CC2CN1C=CN=COCC=CC=CC=Cc1ccc3nccc(c3c1)O2. The topological polar surface area (TPSA) is 90.0 Å². The van der Waals surface area contributed by atoms with Crippen molar-refractivity contribution in [3.05, 3.63) is 90.6 Å². The summed E-state index contributed by atoms with van der Waals surface area (Å²) in [7, 11) is 0. The largest absolute Gasteiger partial charge is 0.484 e. The lowest BCUT2D eigenvalue weighted by Gasteiger charge is -2.18. The number of rotatable bonds is 1. The van der Waals surface area contributed by atoms with Gasteiger partial charge in [-0.25, -0.2) is 4.99 Å². The molecule has 0 fully saturated rings. The van der Waals surface area contributed by atoms with E-state index in [1.165, 1.54) is 6.40 Å². The summed E-state index contributed by atoms with van der Waals surface area (Å²) < 4.78 is 11.5. The second-order valence-electron chi connectivity index (χ2n) is 6.87. The third-order valence-corrected chi connectivity index (χ3v) is 4.70. The van der Waals surface area contributed by atoms with Crippen molar-refractivity contribution in [2.45, 2.75) is 6.10 Å². The highest BCUT2D eigenvalue weighted by Gasteiger charge is 2.27. The van der Waals surface area contributed by atoms with Crippen molar-refractivity contribution < 1.29 is 14.3 Å². The molecule has 0 aliphatic carbocycles. The number of hydrogen-bond acceptors (Lipinski definition) is 6. The molecule has 4 rings (SSSR count). The molecule has 7 nitrogen and oxygen atoms in total. The Morgan fingerprint density at radius 2 is 2.06 bits per heavy atom. The van der Waals surface area contributed by atoms with Gasteiger partial charge in [-0.3, -0.25) is 9.78 Å². The fourth-order valence-electron chi connectivity index (χ4n) is 3.29. The van der Waals surface area contributed by atoms with E-state index >= 15 is 0 Å². The van der Waals surface area contributed by atoms with Gasteiger partial charge in [0.05, 0.1) is 12.1 Å². The van der Waals surface area contributed by atoms with E-state index in [-0.39, 0.29) is 6.10 Å². The van der Waals surface area contributed by atoms with Crippen LogP contribution in [-0.4, -0.2) is 41.4 Å². The molecule has 31 heavy (non-hydrogen) atoms. The molecule has 2 aromatic rings. The fourth-order valence-corrected chi connectivity index (χ4v) is 3.29. The van der Waals surface area contributed by atoms with Crippen LogP contribution in [-0.2, 0) is 9.53 Å². The summed E-state index contributed by atoms with van der Waals surface area (Å²) in [6, 6.07) is 7.82. The molecule has 1 amide bonds. The van der Waals surface area contributed by atoms with Crippen molar-refractivity contribution in [1.29, 1.82) is 0 Å². The van der Waals surface area contributed by atoms with Crippen molar-refractivity contribution in [3.8, 4) is 5.75 Å². The van der Waals surface area contributed by atoms with Gasteiger partial charge >= 0.3 is 0 Å². The first-order chi connectivity index (χ1) is 15.2. The molecular formula is C24H22N4O3. The van der Waals surface area contributed by atoms with E-state index in [1.807, 2.05) is 60.7 Å². The number of aliphatic imine (C=N–C) groups is 1. The number of ether oxygens (including phenoxy) is 2. The molecule has 1 unspecified atom stereocenters. The molecule has 7 heteroatoms. The van der Waals surface area contributed by atoms with Gasteiger partial charge in [0.2, 0.25) is 0 Å². The average molecular weight is 414 g/mol. The molecule has 3 heterocycles. The normalized spacial score (nSPS) is 18.6. The zero-order valence-electron chi connectivity index (χ0n) is 16.8. The van der Waals surface area contributed by atoms with Crippen LogP contribution in [0.5, 0.6) is 5.75 Å². The first kappa shape index (κ1) is 20.2. The Morgan fingerprint density at radius 3 is 2.97 bits per heavy atom. The van der Waals surface area contributed by atoms with Crippen LogP contribution in [0.2, 0.25) is 0 Å². The van der Waals surface area contributed by atoms with Gasteiger partial charge in [0.15, 0.2) is 6.40 Å². The maximum atomic E-state index is 11.9. The summed E-state index contributed by atoms with van der Waals surface area (Å²) in [5.41, 5.74) is 7.76. The molecule has 2 N–H and O–H groups in total. The Bertz CT molecular complexity index is 1140. The summed E-state index contributed by atoms with van der Waals surface area (Å²) in [6.07, 6.45) is 19.3. The highest BCUT2D eigenvalue weighted by Crippen LogP contribution is 2.28. The molecule has 0 saturated heterocycles. The second-order valence-corrected chi connectivity index (χ2v) is 6.87. The fraction of sp³-hybridized carbons (Fsp3) is 0.125. The first-order valence-electron chi connectivity index (χ1n) is 9.84. The minimum absolute atomic E-state index is 0.351. The smallest absolute Gasteiger partial charge is 0.265 e. The standard InChI is InChI=1S/C24H22N4O3/c25-24(29)22-15-19-16-28(22)12-11-26-17-30-13-5-3-1-2-4-6-18-7-8-21-20(14-18)23(31-19)9-10-27-21/h1-12,14-15,17,19H,13,16H2,(H2,25,29). The summed E-state index contributed by atoms with van der Waals surface area (Å²) in [6.45, 7) is 0.833. The van der Waals surface area contributed by atoms with Gasteiger partial charge in [-0.1, -0.05) is 36.4 Å². The Balaban J connectivity index is 1.69. The highest BCUT2D eigenvalue weighted by molar-refractivity contribution is 5.92. The Hall–Kier alpha value is -4.13. The van der Waals surface area contributed by atoms with Crippen LogP contribution in [0.1, 0.15) is 5.56 Å². The van der Waals surface area contributed by atoms with Crippen LogP contribution in [0.25, 0.3) is 17.0 Å². The van der Waals surface area contributed by atoms with Gasteiger partial charge in [-0.15, -0.1) is 0 Å².